The molecule has 0 saturated carbocycles. The highest BCUT2D eigenvalue weighted by Crippen LogP contribution is 2.32. The SMILES string of the molecule is O=C(NCc1ccc2c(c1)OCO2)c1ccc(-n2ccnc2)nc1. The molecule has 2 aromatic heterocycles. The van der Waals surface area contributed by atoms with Gasteiger partial charge in [-0.05, 0) is 29.8 Å². The van der Waals surface area contributed by atoms with Gasteiger partial charge in [0.05, 0.1) is 5.56 Å². The lowest BCUT2D eigenvalue weighted by Crippen LogP contribution is -2.23. The first-order chi connectivity index (χ1) is 11.8. The lowest BCUT2D eigenvalue weighted by molar-refractivity contribution is 0.0950. The van der Waals surface area contributed by atoms with E-state index in [-0.39, 0.29) is 12.7 Å². The van der Waals surface area contributed by atoms with E-state index >= 15 is 0 Å². The van der Waals surface area contributed by atoms with Crippen molar-refractivity contribution in [2.24, 2.45) is 0 Å². The van der Waals surface area contributed by atoms with Crippen LogP contribution in [0.2, 0.25) is 0 Å². The van der Waals surface area contributed by atoms with Crippen LogP contribution in [0.25, 0.3) is 5.82 Å². The molecule has 120 valence electrons. The van der Waals surface area contributed by atoms with Gasteiger partial charge in [-0.15, -0.1) is 0 Å². The van der Waals surface area contributed by atoms with E-state index in [1.165, 1.54) is 0 Å². The number of ether oxygens (including phenoxy) is 2. The zero-order valence-electron chi connectivity index (χ0n) is 12.7. The summed E-state index contributed by atoms with van der Waals surface area (Å²) in [5, 5.41) is 2.87. The Bertz CT molecular complexity index is 860. The number of imidazole rings is 1. The third-order valence-corrected chi connectivity index (χ3v) is 3.67. The van der Waals surface area contributed by atoms with Gasteiger partial charge in [0.25, 0.3) is 5.91 Å². The fraction of sp³-hybridized carbons (Fsp3) is 0.118. The molecule has 0 saturated heterocycles. The predicted octanol–water partition coefficient (Wildman–Crippen LogP) is 1.93. The number of aromatic nitrogens is 3. The highest BCUT2D eigenvalue weighted by molar-refractivity contribution is 5.93. The molecule has 0 radical (unpaired) electrons. The molecule has 3 aromatic rings. The summed E-state index contributed by atoms with van der Waals surface area (Å²) >= 11 is 0. The van der Waals surface area contributed by atoms with Gasteiger partial charge < -0.3 is 14.8 Å². The predicted molar refractivity (Wildman–Crippen MR) is 85.1 cm³/mol. The molecule has 1 amide bonds. The van der Waals surface area contributed by atoms with Crippen molar-refractivity contribution in [3.63, 3.8) is 0 Å². The fourth-order valence-electron chi connectivity index (χ4n) is 2.40. The number of amides is 1. The summed E-state index contributed by atoms with van der Waals surface area (Å²) in [5.74, 6) is 1.95. The third kappa shape index (κ3) is 2.79. The topological polar surface area (TPSA) is 78.3 Å². The number of nitrogens with one attached hydrogen (secondary N) is 1. The van der Waals surface area contributed by atoms with Crippen molar-refractivity contribution in [3.05, 3.63) is 66.4 Å². The Morgan fingerprint density at radius 2 is 2.12 bits per heavy atom. The Hall–Kier alpha value is -3.35. The van der Waals surface area contributed by atoms with Crippen molar-refractivity contribution < 1.29 is 14.3 Å². The van der Waals surface area contributed by atoms with Crippen molar-refractivity contribution >= 4 is 5.91 Å². The van der Waals surface area contributed by atoms with E-state index in [4.69, 9.17) is 9.47 Å². The first-order valence-electron chi connectivity index (χ1n) is 7.41. The standard InChI is InChI=1S/C17H14N4O3/c22-17(13-2-4-16(19-9-13)21-6-5-18-10-21)20-8-12-1-3-14-15(7-12)24-11-23-14/h1-7,9-10H,8,11H2,(H,20,22). The van der Waals surface area contributed by atoms with Crippen LogP contribution in [-0.2, 0) is 6.54 Å². The molecular formula is C17H14N4O3. The number of hydrogen-bond donors (Lipinski definition) is 1. The molecular weight excluding hydrogens is 308 g/mol. The molecule has 0 bridgehead atoms. The number of benzene rings is 1. The molecule has 0 fully saturated rings. The molecule has 1 aliphatic heterocycles. The lowest BCUT2D eigenvalue weighted by atomic mass is 10.2. The van der Waals surface area contributed by atoms with Crippen molar-refractivity contribution in [3.8, 4) is 17.3 Å². The van der Waals surface area contributed by atoms with Crippen LogP contribution in [-0.4, -0.2) is 27.2 Å². The van der Waals surface area contributed by atoms with Gasteiger partial charge in [0.2, 0.25) is 6.79 Å². The van der Waals surface area contributed by atoms with Gasteiger partial charge in [0.15, 0.2) is 11.5 Å². The molecule has 24 heavy (non-hydrogen) atoms. The van der Waals surface area contributed by atoms with E-state index in [9.17, 15) is 4.79 Å². The van der Waals surface area contributed by atoms with Gasteiger partial charge in [0, 0.05) is 25.1 Å². The maximum absolute atomic E-state index is 12.2. The number of carbonyl (C=O) groups excluding carboxylic acids is 1. The van der Waals surface area contributed by atoms with E-state index in [1.807, 2.05) is 18.2 Å². The fourth-order valence-corrected chi connectivity index (χ4v) is 2.40. The van der Waals surface area contributed by atoms with Gasteiger partial charge in [-0.2, -0.15) is 0 Å². The zero-order chi connectivity index (χ0) is 16.4. The van der Waals surface area contributed by atoms with Gasteiger partial charge in [-0.3, -0.25) is 9.36 Å². The van der Waals surface area contributed by atoms with Crippen molar-refractivity contribution in [1.29, 1.82) is 0 Å². The number of hydrogen-bond acceptors (Lipinski definition) is 5. The zero-order valence-corrected chi connectivity index (χ0v) is 12.7. The number of nitrogens with zero attached hydrogens (tertiary/aromatic N) is 3. The van der Waals surface area contributed by atoms with Crippen LogP contribution in [0, 0.1) is 0 Å². The first-order valence-corrected chi connectivity index (χ1v) is 7.41. The van der Waals surface area contributed by atoms with Crippen molar-refractivity contribution in [1.82, 2.24) is 19.9 Å². The Morgan fingerprint density at radius 3 is 2.92 bits per heavy atom. The van der Waals surface area contributed by atoms with Crippen LogP contribution < -0.4 is 14.8 Å². The molecule has 0 atom stereocenters. The summed E-state index contributed by atoms with van der Waals surface area (Å²) in [6.45, 7) is 0.638. The summed E-state index contributed by atoms with van der Waals surface area (Å²) in [5.41, 5.74) is 1.44. The molecule has 7 nitrogen and oxygen atoms in total. The number of pyridine rings is 1. The molecule has 0 aliphatic carbocycles. The number of fused-ring (bicyclic) bond motifs is 1. The summed E-state index contributed by atoms with van der Waals surface area (Å²) in [6.07, 6.45) is 6.67. The van der Waals surface area contributed by atoms with E-state index in [2.05, 4.69) is 15.3 Å². The van der Waals surface area contributed by atoms with Gasteiger partial charge in [-0.25, -0.2) is 9.97 Å². The minimum Gasteiger partial charge on any atom is -0.454 e. The number of carbonyl (C=O) groups is 1. The second-order valence-electron chi connectivity index (χ2n) is 5.25. The van der Waals surface area contributed by atoms with Gasteiger partial charge >= 0.3 is 0 Å². The number of rotatable bonds is 4. The molecule has 1 aromatic carbocycles. The Balaban J connectivity index is 1.41. The van der Waals surface area contributed by atoms with E-state index in [0.29, 0.717) is 23.7 Å². The van der Waals surface area contributed by atoms with Gasteiger partial charge in [0.1, 0.15) is 12.1 Å². The normalized spacial score (nSPS) is 12.2. The summed E-state index contributed by atoms with van der Waals surface area (Å²) in [7, 11) is 0. The van der Waals surface area contributed by atoms with Crippen molar-refractivity contribution in [2.75, 3.05) is 6.79 Å². The Morgan fingerprint density at radius 1 is 1.21 bits per heavy atom. The third-order valence-electron chi connectivity index (χ3n) is 3.67. The van der Waals surface area contributed by atoms with Crippen LogP contribution in [0.5, 0.6) is 11.5 Å². The van der Waals surface area contributed by atoms with Crippen LogP contribution in [0.1, 0.15) is 15.9 Å². The highest BCUT2D eigenvalue weighted by Gasteiger charge is 2.13. The highest BCUT2D eigenvalue weighted by atomic mass is 16.7. The van der Waals surface area contributed by atoms with Crippen LogP contribution in [0.3, 0.4) is 0 Å². The summed E-state index contributed by atoms with van der Waals surface area (Å²) < 4.78 is 12.4. The van der Waals surface area contributed by atoms with E-state index < -0.39 is 0 Å². The molecule has 0 unspecified atom stereocenters. The molecule has 0 spiro atoms. The smallest absolute Gasteiger partial charge is 0.253 e. The Kier molecular flexibility index (Phi) is 3.59. The molecule has 1 N–H and O–H groups in total. The van der Waals surface area contributed by atoms with E-state index in [1.54, 1.807) is 41.6 Å². The minimum absolute atomic E-state index is 0.183. The lowest BCUT2D eigenvalue weighted by Gasteiger charge is -2.07. The largest absolute Gasteiger partial charge is 0.454 e. The van der Waals surface area contributed by atoms with E-state index in [0.717, 1.165) is 11.3 Å². The molecule has 4 rings (SSSR count). The first kappa shape index (κ1) is 14.3. The maximum Gasteiger partial charge on any atom is 0.253 e. The van der Waals surface area contributed by atoms with Crippen LogP contribution in [0.4, 0.5) is 0 Å². The molecule has 7 heteroatoms. The Labute approximate surface area is 137 Å². The molecule has 3 heterocycles. The maximum atomic E-state index is 12.2. The molecule has 1 aliphatic rings. The van der Waals surface area contributed by atoms with Crippen LogP contribution in [0.15, 0.2) is 55.2 Å². The average Bonchev–Trinajstić information content (AvgIpc) is 3.31. The summed E-state index contributed by atoms with van der Waals surface area (Å²) in [6, 6.07) is 9.11. The second kappa shape index (κ2) is 6.04. The summed E-state index contributed by atoms with van der Waals surface area (Å²) in [4.78, 5) is 20.5. The monoisotopic (exact) mass is 322 g/mol. The average molecular weight is 322 g/mol. The van der Waals surface area contributed by atoms with Gasteiger partial charge in [-0.1, -0.05) is 6.07 Å². The van der Waals surface area contributed by atoms with Crippen molar-refractivity contribution in [2.45, 2.75) is 6.54 Å². The van der Waals surface area contributed by atoms with Crippen LogP contribution >= 0.6 is 0 Å². The second-order valence-corrected chi connectivity index (χ2v) is 5.25. The minimum atomic E-state index is -0.183. The quantitative estimate of drug-likeness (QED) is 0.794.